The molecule has 0 aliphatic carbocycles. The topological polar surface area (TPSA) is 95.6 Å². The highest BCUT2D eigenvalue weighted by atomic mass is 32.2. The Labute approximate surface area is 153 Å². The molecule has 7 nitrogen and oxygen atoms in total. The van der Waals surface area contributed by atoms with Crippen LogP contribution < -0.4 is 10.6 Å². The summed E-state index contributed by atoms with van der Waals surface area (Å²) in [6.07, 6.45) is 1.05. The fourth-order valence-electron chi connectivity index (χ4n) is 2.40. The van der Waals surface area contributed by atoms with Gasteiger partial charge in [-0.15, -0.1) is 0 Å². The van der Waals surface area contributed by atoms with Crippen molar-refractivity contribution in [1.82, 2.24) is 4.31 Å². The zero-order valence-corrected chi connectivity index (χ0v) is 15.6. The fraction of sp³-hybridized carbons (Fsp3) is 0.222. The number of carbonyl (C=O) groups is 2. The number of hydrogen-bond acceptors (Lipinski definition) is 4. The summed E-state index contributed by atoms with van der Waals surface area (Å²) in [5.74, 6) is -0.669. The minimum Gasteiger partial charge on any atom is -0.326 e. The van der Waals surface area contributed by atoms with Gasteiger partial charge in [0.1, 0.15) is 6.04 Å². The lowest BCUT2D eigenvalue weighted by Gasteiger charge is -2.25. The van der Waals surface area contributed by atoms with Crippen LogP contribution in [0.25, 0.3) is 0 Å². The molecule has 0 fully saturated rings. The highest BCUT2D eigenvalue weighted by Crippen LogP contribution is 2.24. The lowest BCUT2D eigenvalue weighted by atomic mass is 10.1. The van der Waals surface area contributed by atoms with Gasteiger partial charge in [-0.1, -0.05) is 30.3 Å². The van der Waals surface area contributed by atoms with Crippen molar-refractivity contribution >= 4 is 33.2 Å². The molecule has 0 saturated heterocycles. The van der Waals surface area contributed by atoms with E-state index in [4.69, 9.17) is 0 Å². The van der Waals surface area contributed by atoms with Crippen molar-refractivity contribution in [3.05, 3.63) is 60.2 Å². The van der Waals surface area contributed by atoms with Crippen molar-refractivity contribution in [2.24, 2.45) is 0 Å². The first-order chi connectivity index (χ1) is 12.2. The molecule has 0 aliphatic rings. The maximum atomic E-state index is 12.8. The van der Waals surface area contributed by atoms with Crippen LogP contribution in [-0.4, -0.2) is 37.8 Å². The first-order valence-corrected chi connectivity index (χ1v) is 9.70. The fourth-order valence-corrected chi connectivity index (χ4v) is 3.00. The quantitative estimate of drug-likeness (QED) is 0.809. The smallest absolute Gasteiger partial charge is 0.247 e. The maximum absolute atomic E-state index is 12.8. The minimum absolute atomic E-state index is 0.194. The van der Waals surface area contributed by atoms with Gasteiger partial charge in [0.25, 0.3) is 0 Å². The minimum atomic E-state index is -3.58. The van der Waals surface area contributed by atoms with Crippen LogP contribution in [0.15, 0.2) is 54.6 Å². The van der Waals surface area contributed by atoms with Crippen LogP contribution in [-0.2, 0) is 19.6 Å². The maximum Gasteiger partial charge on any atom is 0.247 e. The van der Waals surface area contributed by atoms with E-state index in [0.717, 1.165) is 10.6 Å². The van der Waals surface area contributed by atoms with Gasteiger partial charge in [-0.25, -0.2) is 8.42 Å². The molecule has 0 aliphatic heterocycles. The molecule has 2 aromatic rings. The van der Waals surface area contributed by atoms with Crippen molar-refractivity contribution in [2.45, 2.75) is 13.0 Å². The van der Waals surface area contributed by atoms with Crippen molar-refractivity contribution in [2.75, 3.05) is 23.9 Å². The molecule has 26 heavy (non-hydrogen) atoms. The van der Waals surface area contributed by atoms with E-state index in [9.17, 15) is 18.0 Å². The second kappa shape index (κ2) is 8.11. The highest BCUT2D eigenvalue weighted by Gasteiger charge is 2.30. The van der Waals surface area contributed by atoms with Gasteiger partial charge < -0.3 is 10.6 Å². The largest absolute Gasteiger partial charge is 0.326 e. The van der Waals surface area contributed by atoms with Gasteiger partial charge in [0, 0.05) is 25.3 Å². The van der Waals surface area contributed by atoms with Gasteiger partial charge in [-0.05, 0) is 29.8 Å². The van der Waals surface area contributed by atoms with E-state index in [1.165, 1.54) is 14.0 Å². The standard InChI is InChI=1S/C18H21N3O4S/c1-13(22)19-15-9-11-16(12-10-15)20-18(23)17(21(2)26(3,24)25)14-7-5-4-6-8-14/h4-12,17H,1-3H3,(H,19,22)(H,20,23). The number of rotatable bonds is 6. The Bertz CT molecular complexity index is 880. The monoisotopic (exact) mass is 375 g/mol. The van der Waals surface area contributed by atoms with E-state index in [1.54, 1.807) is 54.6 Å². The second-order valence-electron chi connectivity index (χ2n) is 5.84. The van der Waals surface area contributed by atoms with Gasteiger partial charge in [0.05, 0.1) is 6.26 Å². The Balaban J connectivity index is 2.25. The summed E-state index contributed by atoms with van der Waals surface area (Å²) >= 11 is 0. The third kappa shape index (κ3) is 5.14. The number of anilines is 2. The number of hydrogen-bond donors (Lipinski definition) is 2. The van der Waals surface area contributed by atoms with Crippen LogP contribution in [0.2, 0.25) is 0 Å². The van der Waals surface area contributed by atoms with E-state index < -0.39 is 22.0 Å². The Hall–Kier alpha value is -2.71. The Morgan fingerprint density at radius 2 is 1.42 bits per heavy atom. The summed E-state index contributed by atoms with van der Waals surface area (Å²) in [6.45, 7) is 1.40. The summed E-state index contributed by atoms with van der Waals surface area (Å²) in [5, 5.41) is 5.35. The van der Waals surface area contributed by atoms with Crippen LogP contribution >= 0.6 is 0 Å². The van der Waals surface area contributed by atoms with Gasteiger partial charge >= 0.3 is 0 Å². The van der Waals surface area contributed by atoms with Crippen LogP contribution in [0.1, 0.15) is 18.5 Å². The Morgan fingerprint density at radius 1 is 0.923 bits per heavy atom. The van der Waals surface area contributed by atoms with E-state index in [1.807, 2.05) is 0 Å². The van der Waals surface area contributed by atoms with Crippen LogP contribution in [0.4, 0.5) is 11.4 Å². The molecule has 2 rings (SSSR count). The predicted octanol–water partition coefficient (Wildman–Crippen LogP) is 2.22. The van der Waals surface area contributed by atoms with Crippen LogP contribution in [0, 0.1) is 0 Å². The highest BCUT2D eigenvalue weighted by molar-refractivity contribution is 7.88. The molecule has 1 unspecified atom stereocenters. The molecule has 0 bridgehead atoms. The molecular formula is C18H21N3O4S. The number of nitrogens with zero attached hydrogens (tertiary/aromatic N) is 1. The number of benzene rings is 2. The van der Waals surface area contributed by atoms with Crippen molar-refractivity contribution in [3.8, 4) is 0 Å². The first-order valence-electron chi connectivity index (χ1n) is 7.85. The lowest BCUT2D eigenvalue weighted by Crippen LogP contribution is -2.38. The average molecular weight is 375 g/mol. The molecule has 0 spiro atoms. The second-order valence-corrected chi connectivity index (χ2v) is 7.88. The summed E-state index contributed by atoms with van der Waals surface area (Å²) in [5.41, 5.74) is 1.66. The average Bonchev–Trinajstić information content (AvgIpc) is 2.56. The Morgan fingerprint density at radius 3 is 1.88 bits per heavy atom. The molecule has 2 N–H and O–H groups in total. The molecule has 0 saturated carbocycles. The zero-order valence-electron chi connectivity index (χ0n) is 14.8. The van der Waals surface area contributed by atoms with Gasteiger partial charge in [0.2, 0.25) is 21.8 Å². The molecule has 2 aromatic carbocycles. The molecule has 138 valence electrons. The van der Waals surface area contributed by atoms with Gasteiger partial charge in [-0.3, -0.25) is 9.59 Å². The molecule has 2 amide bonds. The SMILES string of the molecule is CC(=O)Nc1ccc(NC(=O)C(c2ccccc2)N(C)S(C)(=O)=O)cc1. The first kappa shape index (κ1) is 19.6. The van der Waals surface area contributed by atoms with Crippen LogP contribution in [0.5, 0.6) is 0 Å². The third-order valence-corrected chi connectivity index (χ3v) is 4.98. The summed E-state index contributed by atoms with van der Waals surface area (Å²) < 4.78 is 24.9. The van der Waals surface area contributed by atoms with E-state index >= 15 is 0 Å². The van der Waals surface area contributed by atoms with E-state index in [2.05, 4.69) is 10.6 Å². The number of nitrogens with one attached hydrogen (secondary N) is 2. The van der Waals surface area contributed by atoms with Crippen molar-refractivity contribution in [1.29, 1.82) is 0 Å². The zero-order chi connectivity index (χ0) is 19.3. The summed E-state index contributed by atoms with van der Waals surface area (Å²) in [4.78, 5) is 23.8. The number of carbonyl (C=O) groups excluding carboxylic acids is 2. The van der Waals surface area contributed by atoms with Gasteiger partial charge in [-0.2, -0.15) is 4.31 Å². The molecule has 1 atom stereocenters. The molecule has 0 aromatic heterocycles. The molecule has 0 heterocycles. The van der Waals surface area contributed by atoms with E-state index in [0.29, 0.717) is 16.9 Å². The summed E-state index contributed by atoms with van der Waals surface area (Å²) in [6, 6.07) is 14.2. The van der Waals surface area contributed by atoms with Gasteiger partial charge in [0.15, 0.2) is 0 Å². The predicted molar refractivity (Wildman–Crippen MR) is 101 cm³/mol. The van der Waals surface area contributed by atoms with Crippen LogP contribution in [0.3, 0.4) is 0 Å². The molecule has 0 radical (unpaired) electrons. The van der Waals surface area contributed by atoms with E-state index in [-0.39, 0.29) is 5.91 Å². The lowest BCUT2D eigenvalue weighted by molar-refractivity contribution is -0.119. The normalized spacial score (nSPS) is 12.5. The Kier molecular flexibility index (Phi) is 6.12. The number of sulfonamides is 1. The molecule has 8 heteroatoms. The third-order valence-electron chi connectivity index (χ3n) is 3.72. The summed E-state index contributed by atoms with van der Waals surface area (Å²) in [7, 11) is -2.22. The number of amides is 2. The molecular weight excluding hydrogens is 354 g/mol. The number of likely N-dealkylation sites (N-methyl/N-ethyl adjacent to an activating group) is 1. The van der Waals surface area contributed by atoms with Crippen molar-refractivity contribution in [3.63, 3.8) is 0 Å². The van der Waals surface area contributed by atoms with Crippen molar-refractivity contribution < 1.29 is 18.0 Å².